The van der Waals surface area contributed by atoms with Crippen molar-refractivity contribution in [1.82, 2.24) is 8.61 Å². The first-order valence-corrected chi connectivity index (χ1v) is 10.4. The summed E-state index contributed by atoms with van der Waals surface area (Å²) < 4.78 is 34.4. The number of hydrogen-bond donors (Lipinski definition) is 1. The van der Waals surface area contributed by atoms with Crippen molar-refractivity contribution in [2.75, 3.05) is 33.3 Å². The highest BCUT2D eigenvalue weighted by atomic mass is 32.2. The molecule has 144 valence electrons. The summed E-state index contributed by atoms with van der Waals surface area (Å²) in [6.07, 6.45) is 3.20. The second kappa shape index (κ2) is 8.04. The van der Waals surface area contributed by atoms with Crippen LogP contribution in [0, 0.1) is 0 Å². The van der Waals surface area contributed by atoms with Gasteiger partial charge in [0, 0.05) is 33.3 Å². The SMILES string of the molecule is COC1CCN(S(=O)(=O)N2CCC[C@@H](c3cccc(C(=O)O)c3)C2)CC1. The molecular weight excluding hydrogens is 356 g/mol. The number of rotatable bonds is 5. The molecule has 7 nitrogen and oxygen atoms in total. The van der Waals surface area contributed by atoms with Crippen molar-refractivity contribution in [1.29, 1.82) is 0 Å². The zero-order chi connectivity index (χ0) is 18.7. The van der Waals surface area contributed by atoms with E-state index >= 15 is 0 Å². The van der Waals surface area contributed by atoms with E-state index < -0.39 is 16.2 Å². The number of benzene rings is 1. The van der Waals surface area contributed by atoms with Crippen LogP contribution in [-0.4, -0.2) is 67.5 Å². The smallest absolute Gasteiger partial charge is 0.335 e. The van der Waals surface area contributed by atoms with E-state index in [1.807, 2.05) is 6.07 Å². The molecular formula is C18H26N2O5S. The summed E-state index contributed by atoms with van der Waals surface area (Å²) >= 11 is 0. The first-order chi connectivity index (χ1) is 12.4. The minimum atomic E-state index is -3.49. The molecule has 2 saturated heterocycles. The van der Waals surface area contributed by atoms with Crippen molar-refractivity contribution >= 4 is 16.2 Å². The van der Waals surface area contributed by atoms with Crippen molar-refractivity contribution in [3.8, 4) is 0 Å². The van der Waals surface area contributed by atoms with Gasteiger partial charge in [0.05, 0.1) is 11.7 Å². The van der Waals surface area contributed by atoms with Gasteiger partial charge in [0.2, 0.25) is 0 Å². The van der Waals surface area contributed by atoms with Crippen LogP contribution >= 0.6 is 0 Å². The molecule has 1 aromatic rings. The lowest BCUT2D eigenvalue weighted by Gasteiger charge is -2.38. The summed E-state index contributed by atoms with van der Waals surface area (Å²) in [7, 11) is -1.83. The van der Waals surface area contributed by atoms with E-state index in [0.29, 0.717) is 39.0 Å². The van der Waals surface area contributed by atoms with Crippen LogP contribution in [0.2, 0.25) is 0 Å². The van der Waals surface area contributed by atoms with Gasteiger partial charge in [-0.05, 0) is 49.3 Å². The van der Waals surface area contributed by atoms with Gasteiger partial charge in [-0.15, -0.1) is 0 Å². The lowest BCUT2D eigenvalue weighted by molar-refractivity contribution is 0.0588. The third-order valence-corrected chi connectivity index (χ3v) is 7.38. The Morgan fingerprint density at radius 2 is 1.88 bits per heavy atom. The molecule has 1 aromatic carbocycles. The van der Waals surface area contributed by atoms with Crippen molar-refractivity contribution in [3.05, 3.63) is 35.4 Å². The minimum absolute atomic E-state index is 0.0225. The number of piperidine rings is 2. The second-order valence-electron chi connectivity index (χ2n) is 6.97. The summed E-state index contributed by atoms with van der Waals surface area (Å²) in [5.74, 6) is -0.942. The molecule has 2 fully saturated rings. The van der Waals surface area contributed by atoms with E-state index in [1.54, 1.807) is 33.9 Å². The maximum atomic E-state index is 13.0. The molecule has 2 aliphatic rings. The summed E-state index contributed by atoms with van der Waals surface area (Å²) in [6.45, 7) is 1.88. The normalized spacial score (nSPS) is 23.8. The van der Waals surface area contributed by atoms with Crippen LogP contribution < -0.4 is 0 Å². The van der Waals surface area contributed by atoms with Crippen LogP contribution in [0.3, 0.4) is 0 Å². The molecule has 1 N–H and O–H groups in total. The monoisotopic (exact) mass is 382 g/mol. The Labute approximate surface area is 154 Å². The second-order valence-corrected chi connectivity index (χ2v) is 8.90. The van der Waals surface area contributed by atoms with Crippen LogP contribution in [0.4, 0.5) is 0 Å². The van der Waals surface area contributed by atoms with E-state index in [9.17, 15) is 18.3 Å². The predicted octanol–water partition coefficient (Wildman–Crippen LogP) is 1.92. The van der Waals surface area contributed by atoms with Gasteiger partial charge in [-0.3, -0.25) is 0 Å². The van der Waals surface area contributed by atoms with Crippen LogP contribution in [-0.2, 0) is 14.9 Å². The molecule has 0 aliphatic carbocycles. The molecule has 0 saturated carbocycles. The highest BCUT2D eigenvalue weighted by molar-refractivity contribution is 7.86. The molecule has 0 amide bonds. The Bertz CT molecular complexity index is 744. The number of methoxy groups -OCH3 is 1. The quantitative estimate of drug-likeness (QED) is 0.841. The van der Waals surface area contributed by atoms with Gasteiger partial charge in [-0.25, -0.2) is 4.79 Å². The summed E-state index contributed by atoms with van der Waals surface area (Å²) in [6, 6.07) is 6.83. The standard InChI is InChI=1S/C18H26N2O5S/c1-25-17-7-10-19(11-8-17)26(23,24)20-9-3-6-16(13-20)14-4-2-5-15(12-14)18(21)22/h2,4-5,12,16-17H,3,6-11,13H2,1H3,(H,21,22)/t16-/m1/s1. The van der Waals surface area contributed by atoms with Crippen molar-refractivity contribution < 1.29 is 23.1 Å². The summed E-state index contributed by atoms with van der Waals surface area (Å²) in [5.41, 5.74) is 1.13. The highest BCUT2D eigenvalue weighted by Gasteiger charge is 2.36. The number of carboxylic acid groups (broad SMARTS) is 1. The van der Waals surface area contributed by atoms with Crippen LogP contribution in [0.1, 0.15) is 47.5 Å². The highest BCUT2D eigenvalue weighted by Crippen LogP contribution is 2.30. The van der Waals surface area contributed by atoms with Gasteiger partial charge in [-0.1, -0.05) is 12.1 Å². The number of carbonyl (C=O) groups is 1. The molecule has 0 unspecified atom stereocenters. The molecule has 8 heteroatoms. The van der Waals surface area contributed by atoms with E-state index in [2.05, 4.69) is 0 Å². The zero-order valence-electron chi connectivity index (χ0n) is 15.0. The lowest BCUT2D eigenvalue weighted by atomic mass is 9.91. The summed E-state index contributed by atoms with van der Waals surface area (Å²) in [4.78, 5) is 11.2. The molecule has 2 aliphatic heterocycles. The largest absolute Gasteiger partial charge is 0.478 e. The number of ether oxygens (including phenoxy) is 1. The van der Waals surface area contributed by atoms with E-state index in [-0.39, 0.29) is 17.6 Å². The van der Waals surface area contributed by atoms with Crippen molar-refractivity contribution in [3.63, 3.8) is 0 Å². The molecule has 0 radical (unpaired) electrons. The number of aromatic carboxylic acids is 1. The molecule has 26 heavy (non-hydrogen) atoms. The van der Waals surface area contributed by atoms with Gasteiger partial charge in [0.15, 0.2) is 0 Å². The maximum Gasteiger partial charge on any atom is 0.335 e. The maximum absolute atomic E-state index is 13.0. The Hall–Kier alpha value is -1.48. The third-order valence-electron chi connectivity index (χ3n) is 5.38. The predicted molar refractivity (Wildman–Crippen MR) is 97.5 cm³/mol. The first kappa shape index (κ1) is 19.3. The Morgan fingerprint density at radius 3 is 2.54 bits per heavy atom. The van der Waals surface area contributed by atoms with E-state index in [1.165, 1.54) is 0 Å². The topological polar surface area (TPSA) is 87.2 Å². The van der Waals surface area contributed by atoms with E-state index in [4.69, 9.17) is 4.74 Å². The first-order valence-electron chi connectivity index (χ1n) is 9.03. The number of hydrogen-bond acceptors (Lipinski definition) is 4. The van der Waals surface area contributed by atoms with Gasteiger partial charge in [0.1, 0.15) is 0 Å². The van der Waals surface area contributed by atoms with Gasteiger partial charge >= 0.3 is 5.97 Å². The minimum Gasteiger partial charge on any atom is -0.478 e. The number of nitrogens with zero attached hydrogens (tertiary/aromatic N) is 2. The molecule has 0 bridgehead atoms. The lowest BCUT2D eigenvalue weighted by Crippen LogP contribution is -2.50. The fourth-order valence-corrected chi connectivity index (χ4v) is 5.54. The Balaban J connectivity index is 1.72. The summed E-state index contributed by atoms with van der Waals surface area (Å²) in [5, 5.41) is 9.18. The number of carboxylic acids is 1. The Morgan fingerprint density at radius 1 is 1.15 bits per heavy atom. The molecule has 2 heterocycles. The third kappa shape index (κ3) is 4.09. The molecule has 3 rings (SSSR count). The van der Waals surface area contributed by atoms with Gasteiger partial charge in [0.25, 0.3) is 10.2 Å². The fourth-order valence-electron chi connectivity index (χ4n) is 3.81. The van der Waals surface area contributed by atoms with Gasteiger partial charge in [-0.2, -0.15) is 17.0 Å². The average molecular weight is 382 g/mol. The zero-order valence-corrected chi connectivity index (χ0v) is 15.8. The molecule has 0 spiro atoms. The molecule has 1 atom stereocenters. The fraction of sp³-hybridized carbons (Fsp3) is 0.611. The van der Waals surface area contributed by atoms with Crippen molar-refractivity contribution in [2.24, 2.45) is 0 Å². The Kier molecular flexibility index (Phi) is 5.96. The van der Waals surface area contributed by atoms with Crippen LogP contribution in [0.15, 0.2) is 24.3 Å². The van der Waals surface area contributed by atoms with Crippen LogP contribution in [0.5, 0.6) is 0 Å². The molecule has 0 aromatic heterocycles. The van der Waals surface area contributed by atoms with Gasteiger partial charge < -0.3 is 9.84 Å². The van der Waals surface area contributed by atoms with E-state index in [0.717, 1.165) is 18.4 Å². The van der Waals surface area contributed by atoms with Crippen molar-refractivity contribution in [2.45, 2.75) is 37.7 Å². The van der Waals surface area contributed by atoms with Crippen LogP contribution in [0.25, 0.3) is 0 Å². The average Bonchev–Trinajstić information content (AvgIpc) is 2.68.